The molecule has 0 bridgehead atoms. The van der Waals surface area contributed by atoms with Crippen LogP contribution in [-0.4, -0.2) is 23.8 Å². The van der Waals surface area contributed by atoms with Crippen molar-refractivity contribution in [1.82, 2.24) is 5.32 Å². The Balaban J connectivity index is 2.75. The highest BCUT2D eigenvalue weighted by atomic mass is 35.5. The fourth-order valence-corrected chi connectivity index (χ4v) is 1.53. The number of benzene rings is 1. The van der Waals surface area contributed by atoms with Crippen LogP contribution in [0.2, 0.25) is 0 Å². The first-order chi connectivity index (χ1) is 8.43. The molecule has 0 aliphatic heterocycles. The smallest absolute Gasteiger partial charge is 0.404 e. The number of hydrogen-bond donors (Lipinski definition) is 2. The van der Waals surface area contributed by atoms with E-state index in [0.29, 0.717) is 6.07 Å². The van der Waals surface area contributed by atoms with Crippen LogP contribution in [0.4, 0.5) is 13.6 Å². The zero-order chi connectivity index (χ0) is 13.7. The van der Waals surface area contributed by atoms with Crippen LogP contribution < -0.4 is 10.1 Å². The van der Waals surface area contributed by atoms with Crippen LogP contribution in [0.5, 0.6) is 5.75 Å². The molecule has 0 aliphatic carbocycles. The molecule has 4 nitrogen and oxygen atoms in total. The molecule has 0 fully saturated rings. The van der Waals surface area contributed by atoms with Crippen molar-refractivity contribution < 1.29 is 23.4 Å². The Labute approximate surface area is 108 Å². The second kappa shape index (κ2) is 6.39. The van der Waals surface area contributed by atoms with Gasteiger partial charge in [-0.1, -0.05) is 0 Å². The zero-order valence-electron chi connectivity index (χ0n) is 9.54. The van der Waals surface area contributed by atoms with Gasteiger partial charge < -0.3 is 15.2 Å². The summed E-state index contributed by atoms with van der Waals surface area (Å²) in [4.78, 5) is 10.3. The molecule has 100 valence electrons. The third kappa shape index (κ3) is 4.03. The minimum atomic E-state index is -1.21. The first-order valence-electron chi connectivity index (χ1n) is 5.10. The summed E-state index contributed by atoms with van der Waals surface area (Å²) in [6, 6.07) is 1.22. The van der Waals surface area contributed by atoms with E-state index in [1.165, 1.54) is 0 Å². The highest BCUT2D eigenvalue weighted by molar-refractivity contribution is 6.17. The summed E-state index contributed by atoms with van der Waals surface area (Å²) >= 11 is 5.55. The average Bonchev–Trinajstić information content (AvgIpc) is 2.25. The maximum Gasteiger partial charge on any atom is 0.404 e. The molecule has 0 heterocycles. The summed E-state index contributed by atoms with van der Waals surface area (Å²) in [7, 11) is 0. The SMILES string of the molecule is CC(COc1c(F)cc(F)cc1CCl)NC(=O)O. The molecular weight excluding hydrogens is 268 g/mol. The average molecular weight is 280 g/mol. The first kappa shape index (κ1) is 14.5. The van der Waals surface area contributed by atoms with E-state index < -0.39 is 23.8 Å². The van der Waals surface area contributed by atoms with Crippen molar-refractivity contribution in [2.45, 2.75) is 18.8 Å². The predicted octanol–water partition coefficient (Wildman–Crippen LogP) is 2.74. The van der Waals surface area contributed by atoms with Gasteiger partial charge in [-0.25, -0.2) is 13.6 Å². The van der Waals surface area contributed by atoms with Crippen molar-refractivity contribution >= 4 is 17.7 Å². The molecule has 0 radical (unpaired) electrons. The largest absolute Gasteiger partial charge is 0.488 e. The van der Waals surface area contributed by atoms with Crippen molar-refractivity contribution in [1.29, 1.82) is 0 Å². The van der Waals surface area contributed by atoms with Crippen LogP contribution in [0.25, 0.3) is 0 Å². The lowest BCUT2D eigenvalue weighted by molar-refractivity contribution is 0.182. The topological polar surface area (TPSA) is 58.6 Å². The highest BCUT2D eigenvalue weighted by Crippen LogP contribution is 2.25. The van der Waals surface area contributed by atoms with E-state index >= 15 is 0 Å². The van der Waals surface area contributed by atoms with Gasteiger partial charge >= 0.3 is 6.09 Å². The molecule has 1 amide bonds. The Hall–Kier alpha value is -1.56. The maximum atomic E-state index is 13.5. The van der Waals surface area contributed by atoms with E-state index in [-0.39, 0.29) is 23.8 Å². The second-order valence-electron chi connectivity index (χ2n) is 3.67. The molecule has 1 aromatic rings. The second-order valence-corrected chi connectivity index (χ2v) is 3.94. The lowest BCUT2D eigenvalue weighted by Crippen LogP contribution is -2.35. The van der Waals surface area contributed by atoms with Gasteiger partial charge in [-0.15, -0.1) is 11.6 Å². The van der Waals surface area contributed by atoms with E-state index in [1.807, 2.05) is 0 Å². The number of carbonyl (C=O) groups is 1. The van der Waals surface area contributed by atoms with Crippen LogP contribution >= 0.6 is 11.6 Å². The molecule has 0 aliphatic rings. The quantitative estimate of drug-likeness (QED) is 0.815. The van der Waals surface area contributed by atoms with Gasteiger partial charge in [0.15, 0.2) is 11.6 Å². The Morgan fingerprint density at radius 3 is 2.78 bits per heavy atom. The summed E-state index contributed by atoms with van der Waals surface area (Å²) in [6.45, 7) is 1.47. The van der Waals surface area contributed by atoms with Crippen LogP contribution in [0.15, 0.2) is 12.1 Å². The minimum Gasteiger partial charge on any atom is -0.488 e. The van der Waals surface area contributed by atoms with Crippen molar-refractivity contribution in [3.8, 4) is 5.75 Å². The van der Waals surface area contributed by atoms with Crippen LogP contribution in [0, 0.1) is 11.6 Å². The van der Waals surface area contributed by atoms with Crippen LogP contribution in [-0.2, 0) is 5.88 Å². The van der Waals surface area contributed by atoms with Crippen LogP contribution in [0.3, 0.4) is 0 Å². The van der Waals surface area contributed by atoms with Gasteiger partial charge in [0.2, 0.25) is 0 Å². The molecule has 0 saturated heterocycles. The van der Waals surface area contributed by atoms with Crippen molar-refractivity contribution in [3.05, 3.63) is 29.3 Å². The first-order valence-corrected chi connectivity index (χ1v) is 5.63. The minimum absolute atomic E-state index is 0.0846. The third-order valence-corrected chi connectivity index (χ3v) is 2.36. The Morgan fingerprint density at radius 2 is 2.22 bits per heavy atom. The summed E-state index contributed by atoms with van der Waals surface area (Å²) in [5.74, 6) is -1.88. The number of halogens is 3. The number of ether oxygens (including phenoxy) is 1. The van der Waals surface area contributed by atoms with E-state index in [0.717, 1.165) is 6.07 Å². The highest BCUT2D eigenvalue weighted by Gasteiger charge is 2.14. The van der Waals surface area contributed by atoms with Gasteiger partial charge in [0.1, 0.15) is 12.4 Å². The molecule has 1 atom stereocenters. The molecule has 7 heteroatoms. The predicted molar refractivity (Wildman–Crippen MR) is 62.0 cm³/mol. The van der Waals surface area contributed by atoms with Gasteiger partial charge in [0.05, 0.1) is 11.9 Å². The lowest BCUT2D eigenvalue weighted by atomic mass is 10.2. The van der Waals surface area contributed by atoms with E-state index in [4.69, 9.17) is 21.4 Å². The summed E-state index contributed by atoms with van der Waals surface area (Å²) in [5, 5.41) is 10.6. The van der Waals surface area contributed by atoms with E-state index in [1.54, 1.807) is 6.92 Å². The van der Waals surface area contributed by atoms with E-state index in [2.05, 4.69) is 5.32 Å². The standard InChI is InChI=1S/C11H12ClF2NO3/c1-6(15-11(16)17)5-18-10-7(4-12)2-8(13)3-9(10)14/h2-3,6,15H,4-5H2,1H3,(H,16,17). The molecule has 0 saturated carbocycles. The van der Waals surface area contributed by atoms with Gasteiger partial charge in [-0.05, 0) is 13.0 Å². The Bertz CT molecular complexity index is 443. The van der Waals surface area contributed by atoms with Crippen LogP contribution in [0.1, 0.15) is 12.5 Å². The van der Waals surface area contributed by atoms with Crippen molar-refractivity contribution in [2.24, 2.45) is 0 Å². The van der Waals surface area contributed by atoms with Gasteiger partial charge in [-0.3, -0.25) is 0 Å². The fourth-order valence-electron chi connectivity index (χ4n) is 1.34. The molecule has 0 spiro atoms. The number of rotatable bonds is 5. The number of amides is 1. The monoisotopic (exact) mass is 279 g/mol. The maximum absolute atomic E-state index is 13.5. The van der Waals surface area contributed by atoms with Gasteiger partial charge in [0, 0.05) is 11.6 Å². The number of alkyl halides is 1. The third-order valence-electron chi connectivity index (χ3n) is 2.08. The van der Waals surface area contributed by atoms with Crippen molar-refractivity contribution in [2.75, 3.05) is 6.61 Å². The Morgan fingerprint density at radius 1 is 1.56 bits per heavy atom. The molecule has 1 rings (SSSR count). The Kier molecular flexibility index (Phi) is 5.15. The lowest BCUT2D eigenvalue weighted by Gasteiger charge is -2.15. The fraction of sp³-hybridized carbons (Fsp3) is 0.364. The summed E-state index contributed by atoms with van der Waals surface area (Å²) in [5.41, 5.74) is 0.177. The normalized spacial score (nSPS) is 12.0. The van der Waals surface area contributed by atoms with Gasteiger partial charge in [-0.2, -0.15) is 0 Å². The summed E-state index contributed by atoms with van der Waals surface area (Å²) in [6.07, 6.45) is -1.21. The zero-order valence-corrected chi connectivity index (χ0v) is 10.3. The molecule has 1 aromatic carbocycles. The molecular formula is C11H12ClF2NO3. The van der Waals surface area contributed by atoms with E-state index in [9.17, 15) is 13.6 Å². The van der Waals surface area contributed by atoms with Gasteiger partial charge in [0.25, 0.3) is 0 Å². The number of hydrogen-bond acceptors (Lipinski definition) is 2. The molecule has 0 aromatic heterocycles. The summed E-state index contributed by atoms with van der Waals surface area (Å²) < 4.78 is 31.5. The molecule has 18 heavy (non-hydrogen) atoms. The van der Waals surface area contributed by atoms with Crippen molar-refractivity contribution in [3.63, 3.8) is 0 Å². The number of carboxylic acid groups (broad SMARTS) is 1. The molecule has 2 N–H and O–H groups in total. The molecule has 1 unspecified atom stereocenters. The number of nitrogens with one attached hydrogen (secondary N) is 1.